The van der Waals surface area contributed by atoms with E-state index < -0.39 is 0 Å². The minimum absolute atomic E-state index is 0.0341. The smallest absolute Gasteiger partial charge is 0.221 e. The molecule has 1 amide bonds. The summed E-state index contributed by atoms with van der Waals surface area (Å²) in [5.41, 5.74) is -0.0941. The van der Waals surface area contributed by atoms with Crippen LogP contribution in [-0.2, 0) is 4.79 Å². The van der Waals surface area contributed by atoms with Crippen molar-refractivity contribution in [3.8, 4) is 0 Å². The van der Waals surface area contributed by atoms with Crippen LogP contribution in [0.3, 0.4) is 0 Å². The van der Waals surface area contributed by atoms with Crippen LogP contribution in [-0.4, -0.2) is 17.3 Å². The van der Waals surface area contributed by atoms with E-state index in [4.69, 9.17) is 11.6 Å². The summed E-state index contributed by atoms with van der Waals surface area (Å²) in [7, 11) is 0. The lowest BCUT2D eigenvalue weighted by Crippen LogP contribution is -2.42. The van der Waals surface area contributed by atoms with Crippen molar-refractivity contribution in [1.82, 2.24) is 5.32 Å². The molecular formula is C8H16ClNO. The number of rotatable bonds is 4. The van der Waals surface area contributed by atoms with Gasteiger partial charge < -0.3 is 5.32 Å². The number of amides is 1. The monoisotopic (exact) mass is 177 g/mol. The third-order valence-electron chi connectivity index (χ3n) is 1.68. The Morgan fingerprint density at radius 3 is 2.45 bits per heavy atom. The van der Waals surface area contributed by atoms with Crippen molar-refractivity contribution >= 4 is 17.5 Å². The summed E-state index contributed by atoms with van der Waals surface area (Å²) in [5, 5.41) is 2.88. The SMILES string of the molecule is CCC(C)(C)NC(=O)CCCl. The Balaban J connectivity index is 3.74. The lowest BCUT2D eigenvalue weighted by atomic mass is 10.0. The van der Waals surface area contributed by atoms with Crippen LogP contribution in [0.4, 0.5) is 0 Å². The van der Waals surface area contributed by atoms with E-state index >= 15 is 0 Å². The van der Waals surface area contributed by atoms with Gasteiger partial charge in [-0.15, -0.1) is 11.6 Å². The molecule has 0 atom stereocenters. The predicted molar refractivity (Wildman–Crippen MR) is 47.8 cm³/mol. The van der Waals surface area contributed by atoms with Gasteiger partial charge in [0.25, 0.3) is 0 Å². The number of halogens is 1. The molecule has 0 saturated carbocycles. The van der Waals surface area contributed by atoms with Gasteiger partial charge in [0.05, 0.1) is 0 Å². The molecule has 0 heterocycles. The van der Waals surface area contributed by atoms with Gasteiger partial charge in [0.1, 0.15) is 0 Å². The number of carbonyl (C=O) groups excluding carboxylic acids is 1. The Morgan fingerprint density at radius 2 is 2.09 bits per heavy atom. The largest absolute Gasteiger partial charge is 0.351 e. The topological polar surface area (TPSA) is 29.1 Å². The number of hydrogen-bond acceptors (Lipinski definition) is 1. The van der Waals surface area contributed by atoms with Crippen molar-refractivity contribution in [2.24, 2.45) is 0 Å². The summed E-state index contributed by atoms with van der Waals surface area (Å²) in [6.45, 7) is 6.04. The van der Waals surface area contributed by atoms with E-state index in [9.17, 15) is 4.79 Å². The number of carbonyl (C=O) groups is 1. The van der Waals surface area contributed by atoms with Crippen LogP contribution in [0, 0.1) is 0 Å². The standard InChI is InChI=1S/C8H16ClNO/c1-4-8(2,3)10-7(11)5-6-9/h4-6H2,1-3H3,(H,10,11). The Kier molecular flexibility index (Phi) is 4.50. The molecule has 1 N–H and O–H groups in total. The van der Waals surface area contributed by atoms with Gasteiger partial charge in [-0.1, -0.05) is 6.92 Å². The Morgan fingerprint density at radius 1 is 1.55 bits per heavy atom. The van der Waals surface area contributed by atoms with Crippen LogP contribution < -0.4 is 5.32 Å². The Hall–Kier alpha value is -0.240. The molecular weight excluding hydrogens is 162 g/mol. The van der Waals surface area contributed by atoms with E-state index in [0.717, 1.165) is 6.42 Å². The number of nitrogens with one attached hydrogen (secondary N) is 1. The fourth-order valence-corrected chi connectivity index (χ4v) is 0.786. The molecule has 0 unspecified atom stereocenters. The van der Waals surface area contributed by atoms with Gasteiger partial charge in [0, 0.05) is 17.8 Å². The molecule has 2 nitrogen and oxygen atoms in total. The molecule has 0 aliphatic heterocycles. The van der Waals surface area contributed by atoms with E-state index in [2.05, 4.69) is 5.32 Å². The maximum atomic E-state index is 11.0. The first-order valence-corrected chi connectivity index (χ1v) is 4.42. The van der Waals surface area contributed by atoms with E-state index in [-0.39, 0.29) is 11.4 Å². The van der Waals surface area contributed by atoms with E-state index in [1.54, 1.807) is 0 Å². The quantitative estimate of drug-likeness (QED) is 0.654. The highest BCUT2D eigenvalue weighted by molar-refractivity contribution is 6.18. The fraction of sp³-hybridized carbons (Fsp3) is 0.875. The van der Waals surface area contributed by atoms with Crippen molar-refractivity contribution < 1.29 is 4.79 Å². The van der Waals surface area contributed by atoms with Crippen molar-refractivity contribution in [1.29, 1.82) is 0 Å². The highest BCUT2D eigenvalue weighted by atomic mass is 35.5. The molecule has 0 fully saturated rings. The Bertz CT molecular complexity index is 134. The van der Waals surface area contributed by atoms with Crippen molar-refractivity contribution in [3.05, 3.63) is 0 Å². The lowest BCUT2D eigenvalue weighted by Gasteiger charge is -2.24. The van der Waals surface area contributed by atoms with Crippen molar-refractivity contribution in [2.45, 2.75) is 39.2 Å². The van der Waals surface area contributed by atoms with Crippen LogP contribution >= 0.6 is 11.6 Å². The van der Waals surface area contributed by atoms with Crippen LogP contribution in [0.2, 0.25) is 0 Å². The molecule has 0 aliphatic carbocycles. The normalized spacial score (nSPS) is 11.3. The molecule has 0 radical (unpaired) electrons. The van der Waals surface area contributed by atoms with Crippen LogP contribution in [0.15, 0.2) is 0 Å². The second-order valence-corrected chi connectivity index (χ2v) is 3.60. The summed E-state index contributed by atoms with van der Waals surface area (Å²) < 4.78 is 0. The second kappa shape index (κ2) is 4.60. The van der Waals surface area contributed by atoms with Crippen molar-refractivity contribution in [2.75, 3.05) is 5.88 Å². The van der Waals surface area contributed by atoms with Crippen LogP contribution in [0.5, 0.6) is 0 Å². The van der Waals surface area contributed by atoms with Gasteiger partial charge in [0.15, 0.2) is 0 Å². The van der Waals surface area contributed by atoms with Crippen molar-refractivity contribution in [3.63, 3.8) is 0 Å². The first-order valence-electron chi connectivity index (χ1n) is 3.89. The molecule has 0 rings (SSSR count). The minimum Gasteiger partial charge on any atom is -0.351 e. The van der Waals surface area contributed by atoms with E-state index in [1.807, 2.05) is 20.8 Å². The average molecular weight is 178 g/mol. The summed E-state index contributed by atoms with van der Waals surface area (Å²) in [5.74, 6) is 0.429. The fourth-order valence-electron chi connectivity index (χ4n) is 0.614. The molecule has 66 valence electrons. The van der Waals surface area contributed by atoms with E-state index in [0.29, 0.717) is 12.3 Å². The van der Waals surface area contributed by atoms with Crippen LogP contribution in [0.25, 0.3) is 0 Å². The summed E-state index contributed by atoms with van der Waals surface area (Å²) >= 11 is 5.41. The summed E-state index contributed by atoms with van der Waals surface area (Å²) in [6, 6.07) is 0. The predicted octanol–water partition coefficient (Wildman–Crippen LogP) is 1.92. The summed E-state index contributed by atoms with van der Waals surface area (Å²) in [4.78, 5) is 11.0. The lowest BCUT2D eigenvalue weighted by molar-refractivity contribution is -0.122. The van der Waals surface area contributed by atoms with E-state index in [1.165, 1.54) is 0 Å². The molecule has 3 heteroatoms. The molecule has 0 aromatic rings. The van der Waals surface area contributed by atoms with Gasteiger partial charge >= 0.3 is 0 Å². The summed E-state index contributed by atoms with van der Waals surface area (Å²) in [6.07, 6.45) is 1.34. The van der Waals surface area contributed by atoms with Gasteiger partial charge in [-0.25, -0.2) is 0 Å². The van der Waals surface area contributed by atoms with Gasteiger partial charge in [-0.2, -0.15) is 0 Å². The third-order valence-corrected chi connectivity index (χ3v) is 1.87. The maximum Gasteiger partial charge on any atom is 0.221 e. The zero-order chi connectivity index (χ0) is 8.91. The first-order chi connectivity index (χ1) is 5.02. The molecule has 0 aliphatic rings. The first kappa shape index (κ1) is 10.8. The zero-order valence-corrected chi connectivity index (χ0v) is 8.16. The molecule has 0 aromatic carbocycles. The molecule has 0 bridgehead atoms. The van der Waals surface area contributed by atoms with Gasteiger partial charge in [-0.3, -0.25) is 4.79 Å². The molecule has 0 aromatic heterocycles. The minimum atomic E-state index is -0.0941. The molecule has 0 spiro atoms. The molecule has 0 saturated heterocycles. The zero-order valence-electron chi connectivity index (χ0n) is 7.41. The number of hydrogen-bond donors (Lipinski definition) is 1. The highest BCUT2D eigenvalue weighted by Gasteiger charge is 2.16. The number of alkyl halides is 1. The van der Waals surface area contributed by atoms with Gasteiger partial charge in [0.2, 0.25) is 5.91 Å². The van der Waals surface area contributed by atoms with Crippen LogP contribution in [0.1, 0.15) is 33.6 Å². The van der Waals surface area contributed by atoms with Gasteiger partial charge in [-0.05, 0) is 20.3 Å². The highest BCUT2D eigenvalue weighted by Crippen LogP contribution is 2.06. The Labute approximate surface area is 73.3 Å². The average Bonchev–Trinajstić information content (AvgIpc) is 1.87. The maximum absolute atomic E-state index is 11.0. The third kappa shape index (κ3) is 5.08. The second-order valence-electron chi connectivity index (χ2n) is 3.22. The molecule has 11 heavy (non-hydrogen) atoms.